The van der Waals surface area contributed by atoms with E-state index < -0.39 is 11.9 Å². The van der Waals surface area contributed by atoms with Crippen molar-refractivity contribution in [2.45, 2.75) is 0 Å². The van der Waals surface area contributed by atoms with Crippen molar-refractivity contribution in [1.82, 2.24) is 20.2 Å². The fourth-order valence-corrected chi connectivity index (χ4v) is 1.95. The molecule has 3 rings (SSSR count). The zero-order valence-corrected chi connectivity index (χ0v) is 12.1. The molecule has 0 unspecified atom stereocenters. The Hall–Kier alpha value is -3.68. The molecule has 8 nitrogen and oxygen atoms in total. The molecule has 0 atom stereocenters. The molecule has 8 heteroatoms. The van der Waals surface area contributed by atoms with Crippen molar-refractivity contribution < 1.29 is 19.8 Å². The number of pyridine rings is 2. The lowest BCUT2D eigenvalue weighted by Gasteiger charge is -2.03. The lowest BCUT2D eigenvalue weighted by atomic mass is 10.2. The van der Waals surface area contributed by atoms with Gasteiger partial charge < -0.3 is 10.2 Å². The molecule has 0 aromatic carbocycles. The molecule has 0 saturated carbocycles. The van der Waals surface area contributed by atoms with E-state index in [0.717, 1.165) is 0 Å². The second kappa shape index (κ2) is 6.21. The van der Waals surface area contributed by atoms with Crippen LogP contribution in [0, 0.1) is 0 Å². The summed E-state index contributed by atoms with van der Waals surface area (Å²) in [7, 11) is 0. The minimum atomic E-state index is -1.05. The van der Waals surface area contributed by atoms with Gasteiger partial charge in [-0.25, -0.2) is 9.59 Å². The molecule has 0 aliphatic carbocycles. The monoisotopic (exact) mass is 322 g/mol. The first-order valence-electron chi connectivity index (χ1n) is 6.78. The van der Waals surface area contributed by atoms with Crippen LogP contribution in [0.3, 0.4) is 0 Å². The molecule has 0 saturated heterocycles. The zero-order valence-electron chi connectivity index (χ0n) is 12.1. The van der Waals surface area contributed by atoms with E-state index in [9.17, 15) is 9.59 Å². The standard InChI is InChI=1S/C16H10N4O4/c21-15(22)9-1-3-11(17-7-9)13-5-6-14(20-19-13)12-4-2-10(8-18-12)16(23)24/h1-8H,(H,21,22)(H,23,24). The summed E-state index contributed by atoms with van der Waals surface area (Å²) in [5, 5.41) is 25.8. The molecule has 3 heterocycles. The third-order valence-electron chi connectivity index (χ3n) is 3.21. The second-order valence-corrected chi connectivity index (χ2v) is 4.78. The summed E-state index contributed by atoms with van der Waals surface area (Å²) in [5.41, 5.74) is 2.13. The van der Waals surface area contributed by atoms with E-state index in [1.165, 1.54) is 24.5 Å². The number of rotatable bonds is 4. The maximum atomic E-state index is 10.8. The van der Waals surface area contributed by atoms with Crippen LogP contribution in [0.1, 0.15) is 20.7 Å². The van der Waals surface area contributed by atoms with Crippen molar-refractivity contribution in [3.05, 3.63) is 59.9 Å². The number of hydrogen-bond acceptors (Lipinski definition) is 6. The summed E-state index contributed by atoms with van der Waals surface area (Å²) < 4.78 is 0. The highest BCUT2D eigenvalue weighted by Gasteiger charge is 2.09. The summed E-state index contributed by atoms with van der Waals surface area (Å²) in [5.74, 6) is -2.10. The minimum Gasteiger partial charge on any atom is -0.478 e. The van der Waals surface area contributed by atoms with E-state index in [2.05, 4.69) is 20.2 Å². The van der Waals surface area contributed by atoms with Gasteiger partial charge in [-0.2, -0.15) is 0 Å². The van der Waals surface area contributed by atoms with Crippen molar-refractivity contribution >= 4 is 11.9 Å². The van der Waals surface area contributed by atoms with E-state index in [1.54, 1.807) is 24.3 Å². The van der Waals surface area contributed by atoms with Crippen LogP contribution in [0.25, 0.3) is 22.8 Å². The van der Waals surface area contributed by atoms with Crippen LogP contribution in [-0.4, -0.2) is 42.3 Å². The molecule has 0 amide bonds. The number of aromatic nitrogens is 4. The molecule has 24 heavy (non-hydrogen) atoms. The average molecular weight is 322 g/mol. The fraction of sp³-hybridized carbons (Fsp3) is 0. The first kappa shape index (κ1) is 15.2. The Morgan fingerprint density at radius 3 is 1.25 bits per heavy atom. The van der Waals surface area contributed by atoms with Gasteiger partial charge in [0, 0.05) is 12.4 Å². The molecule has 2 N–H and O–H groups in total. The predicted octanol–water partition coefficient (Wildman–Crippen LogP) is 2.00. The average Bonchev–Trinajstić information content (AvgIpc) is 2.62. The third-order valence-corrected chi connectivity index (χ3v) is 3.21. The van der Waals surface area contributed by atoms with Crippen LogP contribution in [0.2, 0.25) is 0 Å². The highest BCUT2D eigenvalue weighted by atomic mass is 16.4. The van der Waals surface area contributed by atoms with Crippen LogP contribution in [0.4, 0.5) is 0 Å². The summed E-state index contributed by atoms with van der Waals surface area (Å²) in [4.78, 5) is 29.7. The van der Waals surface area contributed by atoms with Gasteiger partial charge in [0.05, 0.1) is 22.5 Å². The molecule has 0 bridgehead atoms. The molecule has 0 aliphatic rings. The van der Waals surface area contributed by atoms with Gasteiger partial charge in [-0.15, -0.1) is 10.2 Å². The number of aromatic carboxylic acids is 2. The number of carboxylic acid groups (broad SMARTS) is 2. The van der Waals surface area contributed by atoms with E-state index in [1.807, 2.05) is 0 Å². The van der Waals surface area contributed by atoms with Gasteiger partial charge in [-0.05, 0) is 36.4 Å². The highest BCUT2D eigenvalue weighted by molar-refractivity contribution is 5.88. The summed E-state index contributed by atoms with van der Waals surface area (Å²) in [6.45, 7) is 0. The summed E-state index contributed by atoms with van der Waals surface area (Å²) in [6.07, 6.45) is 2.50. The zero-order chi connectivity index (χ0) is 17.1. The number of nitrogens with zero attached hydrogens (tertiary/aromatic N) is 4. The molecule has 3 aromatic rings. The molecule has 0 radical (unpaired) electrons. The largest absolute Gasteiger partial charge is 0.478 e. The Balaban J connectivity index is 1.84. The second-order valence-electron chi connectivity index (χ2n) is 4.78. The van der Waals surface area contributed by atoms with Gasteiger partial charge in [-0.1, -0.05) is 0 Å². The van der Waals surface area contributed by atoms with E-state index in [4.69, 9.17) is 10.2 Å². The van der Waals surface area contributed by atoms with Gasteiger partial charge >= 0.3 is 11.9 Å². The number of carbonyl (C=O) groups is 2. The Bertz CT molecular complexity index is 814. The number of hydrogen-bond donors (Lipinski definition) is 2. The van der Waals surface area contributed by atoms with E-state index in [0.29, 0.717) is 22.8 Å². The van der Waals surface area contributed by atoms with Crippen molar-refractivity contribution in [3.63, 3.8) is 0 Å². The van der Waals surface area contributed by atoms with Gasteiger partial charge in [0.25, 0.3) is 0 Å². The topological polar surface area (TPSA) is 126 Å². The smallest absolute Gasteiger partial charge is 0.337 e. The lowest BCUT2D eigenvalue weighted by molar-refractivity contribution is 0.0685. The molecular formula is C16H10N4O4. The van der Waals surface area contributed by atoms with Crippen molar-refractivity contribution in [3.8, 4) is 22.8 Å². The summed E-state index contributed by atoms with van der Waals surface area (Å²) in [6, 6.07) is 9.33. The molecular weight excluding hydrogens is 312 g/mol. The maximum absolute atomic E-state index is 10.8. The molecule has 0 fully saturated rings. The lowest BCUT2D eigenvalue weighted by Crippen LogP contribution is -1.99. The Kier molecular flexibility index (Phi) is 3.94. The minimum absolute atomic E-state index is 0.0889. The van der Waals surface area contributed by atoms with Crippen LogP contribution in [0.5, 0.6) is 0 Å². The normalized spacial score (nSPS) is 10.3. The van der Waals surface area contributed by atoms with Crippen LogP contribution >= 0.6 is 0 Å². The number of carboxylic acids is 2. The molecule has 3 aromatic heterocycles. The van der Waals surface area contributed by atoms with Crippen molar-refractivity contribution in [2.24, 2.45) is 0 Å². The van der Waals surface area contributed by atoms with Gasteiger partial charge in [0.15, 0.2) is 0 Å². The molecule has 0 spiro atoms. The van der Waals surface area contributed by atoms with E-state index in [-0.39, 0.29) is 11.1 Å². The molecule has 118 valence electrons. The van der Waals surface area contributed by atoms with Crippen molar-refractivity contribution in [1.29, 1.82) is 0 Å². The van der Waals surface area contributed by atoms with Gasteiger partial charge in [0.1, 0.15) is 11.4 Å². The quantitative estimate of drug-likeness (QED) is 0.746. The third kappa shape index (κ3) is 3.07. The Morgan fingerprint density at radius 2 is 1.00 bits per heavy atom. The van der Waals surface area contributed by atoms with Crippen molar-refractivity contribution in [2.75, 3.05) is 0 Å². The van der Waals surface area contributed by atoms with Crippen LogP contribution in [0.15, 0.2) is 48.8 Å². The van der Waals surface area contributed by atoms with Gasteiger partial charge in [0.2, 0.25) is 0 Å². The SMILES string of the molecule is O=C(O)c1ccc(-c2ccc(-c3ccc(C(=O)O)cn3)nn2)nc1. The summed E-state index contributed by atoms with van der Waals surface area (Å²) >= 11 is 0. The van der Waals surface area contributed by atoms with Crippen LogP contribution in [-0.2, 0) is 0 Å². The Morgan fingerprint density at radius 1 is 0.625 bits per heavy atom. The molecule has 0 aliphatic heterocycles. The van der Waals surface area contributed by atoms with E-state index >= 15 is 0 Å². The highest BCUT2D eigenvalue weighted by Crippen LogP contribution is 2.18. The Labute approximate surface area is 135 Å². The predicted molar refractivity (Wildman–Crippen MR) is 82.4 cm³/mol. The van der Waals surface area contributed by atoms with Gasteiger partial charge in [-0.3, -0.25) is 9.97 Å². The fourth-order valence-electron chi connectivity index (χ4n) is 1.95. The first-order chi connectivity index (χ1) is 11.5. The first-order valence-corrected chi connectivity index (χ1v) is 6.78. The maximum Gasteiger partial charge on any atom is 0.337 e. The van der Waals surface area contributed by atoms with Crippen LogP contribution < -0.4 is 0 Å².